The molecule has 0 aliphatic rings. The molecule has 0 spiro atoms. The molecule has 0 saturated heterocycles. The van der Waals surface area contributed by atoms with Gasteiger partial charge in [-0.3, -0.25) is 4.98 Å². The molecule has 0 aliphatic carbocycles. The van der Waals surface area contributed by atoms with Gasteiger partial charge in [-0.2, -0.15) is 0 Å². The Bertz CT molecular complexity index is 689. The molecule has 0 aliphatic heterocycles. The minimum Gasteiger partial charge on any atom is -0.494 e. The maximum Gasteiger partial charge on any atom is 0.193 e. The number of benzene rings is 1. The number of ether oxygens (including phenoxy) is 2. The molecule has 24 heavy (non-hydrogen) atoms. The Morgan fingerprint density at radius 2 is 2.00 bits per heavy atom. The van der Waals surface area contributed by atoms with E-state index in [9.17, 15) is 0 Å². The molecule has 0 radical (unpaired) electrons. The lowest BCUT2D eigenvalue weighted by molar-refractivity contribution is 0.332. The zero-order valence-electron chi connectivity index (χ0n) is 13.8. The van der Waals surface area contributed by atoms with Gasteiger partial charge in [-0.25, -0.2) is 4.99 Å². The van der Waals surface area contributed by atoms with Gasteiger partial charge in [0.2, 0.25) is 0 Å². The molecule has 0 atom stereocenters. The van der Waals surface area contributed by atoms with Crippen LogP contribution in [0.3, 0.4) is 0 Å². The summed E-state index contributed by atoms with van der Waals surface area (Å²) in [6.07, 6.45) is 1.58. The maximum absolute atomic E-state index is 5.96. The van der Waals surface area contributed by atoms with Gasteiger partial charge in [-0.05, 0) is 38.1 Å². The summed E-state index contributed by atoms with van der Waals surface area (Å²) < 4.78 is 11.1. The number of nitrogens with two attached hydrogens (primary N) is 1. The molecule has 1 aromatic carbocycles. The van der Waals surface area contributed by atoms with Crippen LogP contribution in [0.1, 0.15) is 19.5 Å². The van der Waals surface area contributed by atoms with Crippen LogP contribution in [-0.4, -0.2) is 24.2 Å². The number of nitrogens with one attached hydrogen (secondary N) is 1. The Balaban J connectivity index is 2.10. The zero-order chi connectivity index (χ0) is 17.4. The predicted octanol–water partition coefficient (Wildman–Crippen LogP) is 3.46. The molecular weight excluding hydrogens is 328 g/mol. The molecule has 0 unspecified atom stereocenters. The van der Waals surface area contributed by atoms with Crippen LogP contribution < -0.4 is 20.5 Å². The molecule has 2 aromatic rings. The molecule has 2 rings (SSSR count). The number of nitrogens with zero attached hydrogens (tertiary/aromatic N) is 2. The monoisotopic (exact) mass is 348 g/mol. The molecule has 6 nitrogen and oxygen atoms in total. The van der Waals surface area contributed by atoms with E-state index < -0.39 is 0 Å². The fourth-order valence-corrected chi connectivity index (χ4v) is 2.10. The molecule has 128 valence electrons. The van der Waals surface area contributed by atoms with E-state index in [2.05, 4.69) is 15.3 Å². The quantitative estimate of drug-likeness (QED) is 0.591. The summed E-state index contributed by atoms with van der Waals surface area (Å²) in [7, 11) is 0. The highest BCUT2D eigenvalue weighted by atomic mass is 35.5. The second kappa shape index (κ2) is 8.98. The first kappa shape index (κ1) is 17.9. The normalized spacial score (nSPS) is 11.2. The number of rotatable bonds is 7. The van der Waals surface area contributed by atoms with Crippen LogP contribution in [-0.2, 0) is 6.54 Å². The maximum atomic E-state index is 5.96. The molecule has 1 heterocycles. The zero-order valence-corrected chi connectivity index (χ0v) is 14.5. The van der Waals surface area contributed by atoms with Crippen LogP contribution in [0.15, 0.2) is 41.5 Å². The Kier molecular flexibility index (Phi) is 6.69. The van der Waals surface area contributed by atoms with Crippen LogP contribution >= 0.6 is 11.6 Å². The van der Waals surface area contributed by atoms with Crippen molar-refractivity contribution in [2.24, 2.45) is 10.7 Å². The number of aliphatic imine (C=N–C) groups is 1. The van der Waals surface area contributed by atoms with Gasteiger partial charge in [0.25, 0.3) is 0 Å². The Labute approximate surface area is 146 Å². The largest absolute Gasteiger partial charge is 0.494 e. The minimum absolute atomic E-state index is 0.265. The van der Waals surface area contributed by atoms with Gasteiger partial charge >= 0.3 is 0 Å². The number of aromatic nitrogens is 1. The van der Waals surface area contributed by atoms with Crippen LogP contribution in [0.4, 0.5) is 5.69 Å². The van der Waals surface area contributed by atoms with Crippen molar-refractivity contribution in [3.63, 3.8) is 0 Å². The van der Waals surface area contributed by atoms with Crippen molar-refractivity contribution in [3.8, 4) is 11.5 Å². The summed E-state index contributed by atoms with van der Waals surface area (Å²) in [5.74, 6) is 1.68. The van der Waals surface area contributed by atoms with Crippen molar-refractivity contribution in [1.29, 1.82) is 0 Å². The highest BCUT2D eigenvalue weighted by Gasteiger charge is 2.07. The molecule has 0 fully saturated rings. The number of hydrogen-bond donors (Lipinski definition) is 2. The van der Waals surface area contributed by atoms with E-state index in [1.807, 2.05) is 32.0 Å². The summed E-state index contributed by atoms with van der Waals surface area (Å²) in [5.41, 5.74) is 7.44. The van der Waals surface area contributed by atoms with Gasteiger partial charge in [-0.1, -0.05) is 11.6 Å². The molecule has 0 saturated carbocycles. The summed E-state index contributed by atoms with van der Waals surface area (Å²) in [6.45, 7) is 5.33. The average molecular weight is 349 g/mol. The highest BCUT2D eigenvalue weighted by molar-refractivity contribution is 6.30. The molecule has 0 bridgehead atoms. The van der Waals surface area contributed by atoms with Crippen molar-refractivity contribution >= 4 is 23.2 Å². The molecular formula is C17H21ClN4O2. The third kappa shape index (κ3) is 5.31. The van der Waals surface area contributed by atoms with E-state index in [4.69, 9.17) is 26.8 Å². The van der Waals surface area contributed by atoms with E-state index in [0.717, 1.165) is 11.4 Å². The number of pyridine rings is 1. The SMILES string of the molecule is CCOc1ccc(OCC)c(NC(N)=NCc2ccc(Cl)cn2)c1. The third-order valence-corrected chi connectivity index (χ3v) is 3.25. The summed E-state index contributed by atoms with van der Waals surface area (Å²) in [4.78, 5) is 8.45. The molecule has 7 heteroatoms. The third-order valence-electron chi connectivity index (χ3n) is 3.02. The Morgan fingerprint density at radius 1 is 1.21 bits per heavy atom. The second-order valence-corrected chi connectivity index (χ2v) is 5.25. The van der Waals surface area contributed by atoms with Crippen LogP contribution in [0.2, 0.25) is 5.02 Å². The lowest BCUT2D eigenvalue weighted by Crippen LogP contribution is -2.23. The molecule has 1 aromatic heterocycles. The smallest absolute Gasteiger partial charge is 0.193 e. The molecule has 0 amide bonds. The van der Waals surface area contributed by atoms with E-state index in [-0.39, 0.29) is 5.96 Å². The molecule has 3 N–H and O–H groups in total. The van der Waals surface area contributed by atoms with Gasteiger partial charge in [0.1, 0.15) is 11.5 Å². The second-order valence-electron chi connectivity index (χ2n) is 4.82. The van der Waals surface area contributed by atoms with E-state index in [1.54, 1.807) is 18.3 Å². The number of anilines is 1. The number of guanidine groups is 1. The first-order valence-corrected chi connectivity index (χ1v) is 8.07. The van der Waals surface area contributed by atoms with E-state index >= 15 is 0 Å². The fourth-order valence-electron chi connectivity index (χ4n) is 1.99. The summed E-state index contributed by atoms with van der Waals surface area (Å²) in [6, 6.07) is 9.09. The van der Waals surface area contributed by atoms with Crippen molar-refractivity contribution in [2.45, 2.75) is 20.4 Å². The van der Waals surface area contributed by atoms with Gasteiger partial charge in [0.05, 0.1) is 36.2 Å². The van der Waals surface area contributed by atoms with Crippen LogP contribution in [0, 0.1) is 0 Å². The predicted molar refractivity (Wildman–Crippen MR) is 97.0 cm³/mol. The Hall–Kier alpha value is -2.47. The van der Waals surface area contributed by atoms with Crippen molar-refractivity contribution < 1.29 is 9.47 Å². The fraction of sp³-hybridized carbons (Fsp3) is 0.294. The Morgan fingerprint density at radius 3 is 2.67 bits per heavy atom. The lowest BCUT2D eigenvalue weighted by Gasteiger charge is -2.14. The number of halogens is 1. The lowest BCUT2D eigenvalue weighted by atomic mass is 10.2. The minimum atomic E-state index is 0.265. The standard InChI is InChI=1S/C17H21ClN4O2/c1-3-23-14-7-8-16(24-4-2)15(9-14)22-17(19)21-11-13-6-5-12(18)10-20-13/h5-10H,3-4,11H2,1-2H3,(H3,19,21,22). The first-order valence-electron chi connectivity index (χ1n) is 7.69. The average Bonchev–Trinajstić information content (AvgIpc) is 2.57. The summed E-state index contributed by atoms with van der Waals surface area (Å²) >= 11 is 5.81. The van der Waals surface area contributed by atoms with Crippen LogP contribution in [0.5, 0.6) is 11.5 Å². The van der Waals surface area contributed by atoms with Gasteiger partial charge in [-0.15, -0.1) is 0 Å². The van der Waals surface area contributed by atoms with E-state index in [1.165, 1.54) is 0 Å². The van der Waals surface area contributed by atoms with Crippen molar-refractivity contribution in [1.82, 2.24) is 4.98 Å². The topological polar surface area (TPSA) is 81.8 Å². The van der Waals surface area contributed by atoms with E-state index in [0.29, 0.717) is 36.2 Å². The van der Waals surface area contributed by atoms with Crippen molar-refractivity contribution in [3.05, 3.63) is 47.2 Å². The van der Waals surface area contributed by atoms with Gasteiger partial charge in [0.15, 0.2) is 5.96 Å². The highest BCUT2D eigenvalue weighted by Crippen LogP contribution is 2.29. The van der Waals surface area contributed by atoms with Gasteiger partial charge < -0.3 is 20.5 Å². The van der Waals surface area contributed by atoms with Gasteiger partial charge in [0, 0.05) is 12.3 Å². The number of hydrogen-bond acceptors (Lipinski definition) is 4. The summed E-state index contributed by atoms with van der Waals surface area (Å²) in [5, 5.41) is 3.63. The first-order chi connectivity index (χ1) is 11.6. The van der Waals surface area contributed by atoms with Crippen molar-refractivity contribution in [2.75, 3.05) is 18.5 Å². The van der Waals surface area contributed by atoms with Crippen LogP contribution in [0.25, 0.3) is 0 Å².